The summed E-state index contributed by atoms with van der Waals surface area (Å²) >= 11 is 0. The summed E-state index contributed by atoms with van der Waals surface area (Å²) in [5.74, 6) is -4.54. The smallest absolute Gasteiger partial charge is 0.408 e. The van der Waals surface area contributed by atoms with Crippen molar-refractivity contribution in [2.45, 2.75) is 105 Å². The van der Waals surface area contributed by atoms with Crippen LogP contribution in [0.2, 0.25) is 0 Å². The maximum atomic E-state index is 12.8. The van der Waals surface area contributed by atoms with Crippen LogP contribution in [0.1, 0.15) is 75.2 Å². The van der Waals surface area contributed by atoms with Crippen LogP contribution in [0.25, 0.3) is 0 Å². The van der Waals surface area contributed by atoms with E-state index in [0.29, 0.717) is 6.42 Å². The fraction of sp³-hybridized carbons (Fsp3) is 0.741. The molecule has 15 nitrogen and oxygen atoms in total. The van der Waals surface area contributed by atoms with Gasteiger partial charge in [-0.1, -0.05) is 27.7 Å². The van der Waals surface area contributed by atoms with Gasteiger partial charge in [-0.2, -0.15) is 0 Å². The maximum Gasteiger partial charge on any atom is 0.408 e. The summed E-state index contributed by atoms with van der Waals surface area (Å²) in [4.78, 5) is 85.5. The number of aliphatic carboxylic acids is 1. The van der Waals surface area contributed by atoms with Crippen molar-refractivity contribution in [2.75, 3.05) is 13.1 Å². The first-order valence-corrected chi connectivity index (χ1v) is 13.9. The van der Waals surface area contributed by atoms with Crippen molar-refractivity contribution in [1.82, 2.24) is 31.9 Å². The van der Waals surface area contributed by atoms with Gasteiger partial charge in [-0.3, -0.25) is 28.8 Å². The zero-order chi connectivity index (χ0) is 32.8. The van der Waals surface area contributed by atoms with Crippen molar-refractivity contribution < 1.29 is 43.4 Å². The molecule has 7 N–H and O–H groups in total. The van der Waals surface area contributed by atoms with Gasteiger partial charge in [-0.05, 0) is 59.3 Å². The number of carboxylic acid groups (broad SMARTS) is 1. The van der Waals surface area contributed by atoms with Crippen molar-refractivity contribution >= 4 is 41.6 Å². The Labute approximate surface area is 247 Å². The number of hydrogen-bond acceptors (Lipinski definition) is 8. The Morgan fingerprint density at radius 1 is 0.619 bits per heavy atom. The van der Waals surface area contributed by atoms with Crippen LogP contribution in [-0.2, 0) is 33.5 Å². The Morgan fingerprint density at radius 2 is 1.02 bits per heavy atom. The van der Waals surface area contributed by atoms with Gasteiger partial charge in [-0.15, -0.1) is 0 Å². The Kier molecular flexibility index (Phi) is 16.1. The van der Waals surface area contributed by atoms with Gasteiger partial charge in [0, 0.05) is 0 Å². The average Bonchev–Trinajstić information content (AvgIpc) is 2.82. The molecule has 0 aromatic rings. The fourth-order valence-electron chi connectivity index (χ4n) is 3.50. The molecule has 0 rings (SSSR count). The van der Waals surface area contributed by atoms with E-state index in [1.165, 1.54) is 13.8 Å². The normalized spacial score (nSPS) is 14.1. The van der Waals surface area contributed by atoms with Crippen LogP contribution in [0.4, 0.5) is 4.79 Å². The summed E-state index contributed by atoms with van der Waals surface area (Å²) in [6, 6.07) is -4.10. The third-order valence-electron chi connectivity index (χ3n) is 5.41. The van der Waals surface area contributed by atoms with E-state index < -0.39 is 84.5 Å². The zero-order valence-corrected chi connectivity index (χ0v) is 26.0. The van der Waals surface area contributed by atoms with Crippen LogP contribution >= 0.6 is 0 Å². The van der Waals surface area contributed by atoms with E-state index in [1.54, 1.807) is 20.8 Å². The molecule has 0 aromatic heterocycles. The van der Waals surface area contributed by atoms with Crippen molar-refractivity contribution in [3.63, 3.8) is 0 Å². The van der Waals surface area contributed by atoms with Gasteiger partial charge in [0.2, 0.25) is 29.5 Å². The highest BCUT2D eigenvalue weighted by Gasteiger charge is 2.28. The molecular weight excluding hydrogens is 552 g/mol. The predicted molar refractivity (Wildman–Crippen MR) is 153 cm³/mol. The van der Waals surface area contributed by atoms with Crippen molar-refractivity contribution in [3.05, 3.63) is 0 Å². The van der Waals surface area contributed by atoms with E-state index in [1.807, 2.05) is 27.7 Å². The lowest BCUT2D eigenvalue weighted by Crippen LogP contribution is -2.56. The molecular formula is C27H48N6O9. The van der Waals surface area contributed by atoms with E-state index in [-0.39, 0.29) is 18.3 Å². The molecule has 0 fully saturated rings. The standard InChI is InChI=1S/C27H48N6O9/c1-14(2)10-18(24(39)30-17(6)23(38)29-13-21(35)36)32-20(34)12-28-22(37)16(5)31-25(40)19(11-15(3)4)33-26(41)42-27(7,8)9/h14-19H,10-13H2,1-9H3,(H,28,37)(H,29,38)(H,30,39)(H,31,40)(H,32,34)(H,33,41)(H,35,36)/t16-,17-,18-,19-/m0/s1. The van der Waals surface area contributed by atoms with Crippen molar-refractivity contribution in [1.29, 1.82) is 0 Å². The van der Waals surface area contributed by atoms with Crippen LogP contribution in [0.5, 0.6) is 0 Å². The minimum atomic E-state index is -1.24. The number of ether oxygens (including phenoxy) is 1. The van der Waals surface area contributed by atoms with Crippen LogP contribution in [0, 0.1) is 11.8 Å². The molecule has 0 radical (unpaired) electrons. The quantitative estimate of drug-likeness (QED) is 0.124. The molecule has 0 aromatic carbocycles. The summed E-state index contributed by atoms with van der Waals surface area (Å²) in [6.45, 7) is 14.1. The molecule has 0 bridgehead atoms. The highest BCUT2D eigenvalue weighted by molar-refractivity contribution is 5.95. The Hall–Kier alpha value is -3.91. The summed E-state index contributed by atoms with van der Waals surface area (Å²) in [7, 11) is 0. The molecule has 0 heterocycles. The van der Waals surface area contributed by atoms with Gasteiger partial charge in [0.25, 0.3) is 0 Å². The lowest BCUT2D eigenvalue weighted by atomic mass is 10.0. The molecule has 4 atom stereocenters. The molecule has 240 valence electrons. The number of amides is 6. The predicted octanol–water partition coefficient (Wildman–Crippen LogP) is -0.217. The molecule has 15 heteroatoms. The average molecular weight is 601 g/mol. The van der Waals surface area contributed by atoms with Crippen molar-refractivity contribution in [2.24, 2.45) is 11.8 Å². The second kappa shape index (κ2) is 17.8. The largest absolute Gasteiger partial charge is 0.480 e. The Morgan fingerprint density at radius 3 is 1.40 bits per heavy atom. The zero-order valence-electron chi connectivity index (χ0n) is 26.0. The van der Waals surface area contributed by atoms with Gasteiger partial charge in [-0.25, -0.2) is 4.79 Å². The minimum Gasteiger partial charge on any atom is -0.480 e. The number of alkyl carbamates (subject to hydrolysis) is 1. The minimum absolute atomic E-state index is 0.0184. The Bertz CT molecular complexity index is 978. The lowest BCUT2D eigenvalue weighted by molar-refractivity contribution is -0.138. The van der Waals surface area contributed by atoms with Gasteiger partial charge < -0.3 is 41.7 Å². The highest BCUT2D eigenvalue weighted by Crippen LogP contribution is 2.10. The molecule has 0 aliphatic carbocycles. The third kappa shape index (κ3) is 17.0. The summed E-state index contributed by atoms with van der Waals surface area (Å²) in [6.07, 6.45) is -0.253. The Balaban J connectivity index is 5.08. The van der Waals surface area contributed by atoms with Crippen LogP contribution in [0.3, 0.4) is 0 Å². The van der Waals surface area contributed by atoms with Gasteiger partial charge in [0.15, 0.2) is 0 Å². The molecule has 6 amide bonds. The van der Waals surface area contributed by atoms with Crippen LogP contribution in [0.15, 0.2) is 0 Å². The lowest BCUT2D eigenvalue weighted by Gasteiger charge is -2.25. The summed E-state index contributed by atoms with van der Waals surface area (Å²) < 4.78 is 5.22. The van der Waals surface area contributed by atoms with E-state index in [2.05, 4.69) is 31.9 Å². The SMILES string of the molecule is CC(C)C[C@H](NC(=O)CNC(=O)[C@H](C)NC(=O)[C@H](CC(C)C)NC(=O)OC(C)(C)C)C(=O)N[C@@H](C)C(=O)NCC(=O)O. The first-order valence-electron chi connectivity index (χ1n) is 13.9. The second-order valence-electron chi connectivity index (χ2n) is 11.9. The second-order valence-corrected chi connectivity index (χ2v) is 11.9. The molecule has 0 unspecified atom stereocenters. The maximum absolute atomic E-state index is 12.8. The van der Waals surface area contributed by atoms with E-state index in [9.17, 15) is 33.6 Å². The van der Waals surface area contributed by atoms with E-state index in [0.717, 1.165) is 0 Å². The van der Waals surface area contributed by atoms with E-state index in [4.69, 9.17) is 9.84 Å². The molecule has 42 heavy (non-hydrogen) atoms. The molecule has 0 spiro atoms. The highest BCUT2D eigenvalue weighted by atomic mass is 16.6. The first kappa shape index (κ1) is 38.1. The molecule has 0 saturated carbocycles. The first-order chi connectivity index (χ1) is 19.2. The van der Waals surface area contributed by atoms with Crippen LogP contribution in [-0.4, -0.2) is 89.6 Å². The van der Waals surface area contributed by atoms with Crippen LogP contribution < -0.4 is 31.9 Å². The summed E-state index contributed by atoms with van der Waals surface area (Å²) in [5, 5.41) is 23.2. The number of carboxylic acids is 1. The van der Waals surface area contributed by atoms with E-state index >= 15 is 0 Å². The number of rotatable bonds is 16. The monoisotopic (exact) mass is 600 g/mol. The van der Waals surface area contributed by atoms with Gasteiger partial charge in [0.05, 0.1) is 6.54 Å². The van der Waals surface area contributed by atoms with Gasteiger partial charge in [0.1, 0.15) is 36.3 Å². The molecule has 0 aliphatic heterocycles. The number of carbonyl (C=O) groups is 7. The third-order valence-corrected chi connectivity index (χ3v) is 5.41. The molecule has 0 aliphatic rings. The number of nitrogens with one attached hydrogen (secondary N) is 6. The fourth-order valence-corrected chi connectivity index (χ4v) is 3.50. The summed E-state index contributed by atoms with van der Waals surface area (Å²) in [5.41, 5.74) is -0.764. The van der Waals surface area contributed by atoms with Gasteiger partial charge >= 0.3 is 12.1 Å². The number of hydrogen-bond donors (Lipinski definition) is 7. The van der Waals surface area contributed by atoms with Crippen molar-refractivity contribution in [3.8, 4) is 0 Å². The number of carbonyl (C=O) groups excluding carboxylic acids is 6. The topological polar surface area (TPSA) is 221 Å². The molecule has 0 saturated heterocycles.